The molecule has 0 unspecified atom stereocenters. The molecule has 0 spiro atoms. The molecule has 0 bridgehead atoms. The Morgan fingerprint density at radius 1 is 1.21 bits per heavy atom. The van der Waals surface area contributed by atoms with Crippen molar-refractivity contribution in [2.24, 2.45) is 0 Å². The van der Waals surface area contributed by atoms with E-state index in [9.17, 15) is 4.79 Å². The Morgan fingerprint density at radius 2 is 2.12 bits per heavy atom. The van der Waals surface area contributed by atoms with Crippen LogP contribution in [0.3, 0.4) is 0 Å². The van der Waals surface area contributed by atoms with Crippen LogP contribution in [0.25, 0.3) is 11.6 Å². The third-order valence-electron chi connectivity index (χ3n) is 3.69. The fourth-order valence-corrected chi connectivity index (χ4v) is 2.50. The number of fused-ring (bicyclic) bond motifs is 2. The van der Waals surface area contributed by atoms with Crippen molar-refractivity contribution in [3.63, 3.8) is 0 Å². The Morgan fingerprint density at radius 3 is 3.04 bits per heavy atom. The Kier molecular flexibility index (Phi) is 3.63. The molecule has 3 heterocycles. The van der Waals surface area contributed by atoms with Gasteiger partial charge in [-0.3, -0.25) is 4.79 Å². The van der Waals surface area contributed by atoms with Crippen LogP contribution in [0.4, 0.5) is 0 Å². The summed E-state index contributed by atoms with van der Waals surface area (Å²) < 4.78 is 12.4. The number of aromatic nitrogens is 2. The molecule has 6 heteroatoms. The molecule has 1 aliphatic heterocycles. The number of pyridine rings is 1. The van der Waals surface area contributed by atoms with E-state index in [0.717, 1.165) is 22.5 Å². The lowest BCUT2D eigenvalue weighted by molar-refractivity contribution is -0.116. The van der Waals surface area contributed by atoms with Crippen molar-refractivity contribution < 1.29 is 14.3 Å². The van der Waals surface area contributed by atoms with Crippen molar-refractivity contribution in [2.45, 2.75) is 6.54 Å². The lowest BCUT2D eigenvalue weighted by Gasteiger charge is -1.99. The van der Waals surface area contributed by atoms with E-state index in [1.54, 1.807) is 10.6 Å². The molecule has 0 aliphatic carbocycles. The molecule has 2 aromatic heterocycles. The second kappa shape index (κ2) is 6.08. The van der Waals surface area contributed by atoms with Crippen molar-refractivity contribution in [2.75, 3.05) is 6.79 Å². The number of carbonyl (C=O) groups excluding carboxylic acids is 1. The van der Waals surface area contributed by atoms with E-state index < -0.39 is 0 Å². The van der Waals surface area contributed by atoms with Gasteiger partial charge in [0.25, 0.3) is 0 Å². The third kappa shape index (κ3) is 2.94. The summed E-state index contributed by atoms with van der Waals surface area (Å²) in [6.45, 7) is 0.619. The summed E-state index contributed by atoms with van der Waals surface area (Å²) >= 11 is 0. The predicted molar refractivity (Wildman–Crippen MR) is 88.6 cm³/mol. The average Bonchev–Trinajstić information content (AvgIpc) is 3.23. The monoisotopic (exact) mass is 321 g/mol. The van der Waals surface area contributed by atoms with Crippen molar-refractivity contribution in [1.82, 2.24) is 14.9 Å². The molecule has 120 valence electrons. The summed E-state index contributed by atoms with van der Waals surface area (Å²) in [5.74, 6) is 1.25. The van der Waals surface area contributed by atoms with Crippen LogP contribution in [0, 0.1) is 0 Å². The Hall–Kier alpha value is -3.28. The normalized spacial score (nSPS) is 12.8. The molecule has 0 saturated heterocycles. The van der Waals surface area contributed by atoms with E-state index in [2.05, 4.69) is 10.4 Å². The fourth-order valence-electron chi connectivity index (χ4n) is 2.50. The average molecular weight is 321 g/mol. The second-order valence-electron chi connectivity index (χ2n) is 5.37. The van der Waals surface area contributed by atoms with Gasteiger partial charge < -0.3 is 14.8 Å². The summed E-state index contributed by atoms with van der Waals surface area (Å²) in [7, 11) is 0. The van der Waals surface area contributed by atoms with Gasteiger partial charge in [0.05, 0.1) is 17.8 Å². The van der Waals surface area contributed by atoms with Gasteiger partial charge in [0, 0.05) is 12.3 Å². The number of carbonyl (C=O) groups is 1. The Balaban J connectivity index is 1.37. The van der Waals surface area contributed by atoms with Crippen LogP contribution in [0.5, 0.6) is 11.5 Å². The molecule has 1 amide bonds. The molecule has 1 aliphatic rings. The minimum Gasteiger partial charge on any atom is -0.454 e. The van der Waals surface area contributed by atoms with Gasteiger partial charge in [-0.2, -0.15) is 5.10 Å². The molecule has 24 heavy (non-hydrogen) atoms. The Bertz CT molecular complexity index is 897. The first kappa shape index (κ1) is 14.3. The van der Waals surface area contributed by atoms with Gasteiger partial charge in [-0.1, -0.05) is 12.1 Å². The number of ether oxygens (including phenoxy) is 2. The van der Waals surface area contributed by atoms with Gasteiger partial charge in [0.2, 0.25) is 12.7 Å². The molecule has 1 N–H and O–H groups in total. The molecule has 6 nitrogen and oxygen atoms in total. The van der Waals surface area contributed by atoms with Crippen LogP contribution in [-0.2, 0) is 11.3 Å². The molecule has 0 fully saturated rings. The maximum absolute atomic E-state index is 12.0. The molecule has 1 aromatic carbocycles. The summed E-state index contributed by atoms with van der Waals surface area (Å²) in [5, 5.41) is 7.21. The van der Waals surface area contributed by atoms with E-state index in [1.807, 2.05) is 48.7 Å². The molecule has 4 rings (SSSR count). The highest BCUT2D eigenvalue weighted by atomic mass is 16.7. The predicted octanol–water partition coefficient (Wildman–Crippen LogP) is 2.39. The highest BCUT2D eigenvalue weighted by molar-refractivity contribution is 5.91. The van der Waals surface area contributed by atoms with Crippen LogP contribution in [0.15, 0.2) is 54.7 Å². The summed E-state index contributed by atoms with van der Waals surface area (Å²) in [5.41, 5.74) is 2.69. The van der Waals surface area contributed by atoms with Crippen LogP contribution < -0.4 is 14.8 Å². The minimum absolute atomic E-state index is 0.176. The van der Waals surface area contributed by atoms with E-state index >= 15 is 0 Å². The zero-order valence-corrected chi connectivity index (χ0v) is 12.8. The van der Waals surface area contributed by atoms with Gasteiger partial charge in [-0.25, -0.2) is 4.52 Å². The minimum atomic E-state index is -0.176. The van der Waals surface area contributed by atoms with Gasteiger partial charge in [-0.15, -0.1) is 0 Å². The SMILES string of the molecule is O=C(C=Cc1ccc2c(c1)OCO2)NCc1cc2ccccn2n1. The number of hydrogen-bond donors (Lipinski definition) is 1. The van der Waals surface area contributed by atoms with Gasteiger partial charge >= 0.3 is 0 Å². The number of benzene rings is 1. The van der Waals surface area contributed by atoms with Crippen molar-refractivity contribution >= 4 is 17.5 Å². The zero-order chi connectivity index (χ0) is 16.4. The van der Waals surface area contributed by atoms with E-state index in [-0.39, 0.29) is 12.7 Å². The lowest BCUT2D eigenvalue weighted by Crippen LogP contribution is -2.20. The third-order valence-corrected chi connectivity index (χ3v) is 3.69. The molecule has 0 atom stereocenters. The number of nitrogens with one attached hydrogen (secondary N) is 1. The molecule has 0 radical (unpaired) electrons. The first-order valence-corrected chi connectivity index (χ1v) is 7.57. The van der Waals surface area contributed by atoms with E-state index in [0.29, 0.717) is 12.3 Å². The van der Waals surface area contributed by atoms with Gasteiger partial charge in [-0.05, 0) is 42.0 Å². The van der Waals surface area contributed by atoms with Crippen LogP contribution in [0.1, 0.15) is 11.3 Å². The summed E-state index contributed by atoms with van der Waals surface area (Å²) in [6.07, 6.45) is 5.11. The smallest absolute Gasteiger partial charge is 0.244 e. The van der Waals surface area contributed by atoms with Crippen LogP contribution in [0.2, 0.25) is 0 Å². The lowest BCUT2D eigenvalue weighted by atomic mass is 10.2. The summed E-state index contributed by atoms with van der Waals surface area (Å²) in [4.78, 5) is 12.0. The Labute approximate surface area is 138 Å². The first-order chi connectivity index (χ1) is 11.8. The van der Waals surface area contributed by atoms with Crippen LogP contribution in [-0.4, -0.2) is 22.3 Å². The first-order valence-electron chi connectivity index (χ1n) is 7.57. The number of hydrogen-bond acceptors (Lipinski definition) is 4. The van der Waals surface area contributed by atoms with Crippen molar-refractivity contribution in [1.29, 1.82) is 0 Å². The maximum Gasteiger partial charge on any atom is 0.244 e. The molecular formula is C18H15N3O3. The largest absolute Gasteiger partial charge is 0.454 e. The van der Waals surface area contributed by atoms with Gasteiger partial charge in [0.15, 0.2) is 11.5 Å². The fraction of sp³-hybridized carbons (Fsp3) is 0.111. The van der Waals surface area contributed by atoms with E-state index in [1.165, 1.54) is 6.08 Å². The number of nitrogens with zero attached hydrogens (tertiary/aromatic N) is 2. The number of amides is 1. The van der Waals surface area contributed by atoms with Gasteiger partial charge in [0.1, 0.15) is 0 Å². The van der Waals surface area contributed by atoms with Crippen LogP contribution >= 0.6 is 0 Å². The van der Waals surface area contributed by atoms with Crippen molar-refractivity contribution in [3.8, 4) is 11.5 Å². The zero-order valence-electron chi connectivity index (χ0n) is 12.8. The maximum atomic E-state index is 12.0. The molecule has 3 aromatic rings. The summed E-state index contributed by atoms with van der Waals surface area (Å²) in [6, 6.07) is 13.3. The highest BCUT2D eigenvalue weighted by Crippen LogP contribution is 2.32. The van der Waals surface area contributed by atoms with Crippen molar-refractivity contribution in [3.05, 3.63) is 66.0 Å². The topological polar surface area (TPSA) is 64.9 Å². The molecular weight excluding hydrogens is 306 g/mol. The quantitative estimate of drug-likeness (QED) is 0.750. The standard InChI is InChI=1S/C18H15N3O3/c22-18(7-5-13-4-6-16-17(9-13)24-12-23-16)19-11-14-10-15-3-1-2-8-21(15)20-14/h1-10H,11-12H2,(H,19,22). The molecule has 0 saturated carbocycles. The highest BCUT2D eigenvalue weighted by Gasteiger charge is 2.12. The second-order valence-corrected chi connectivity index (χ2v) is 5.37. The van der Waals surface area contributed by atoms with E-state index in [4.69, 9.17) is 9.47 Å². The number of rotatable bonds is 4.